The number of rotatable bonds is 8. The van der Waals surface area contributed by atoms with Gasteiger partial charge in [0.2, 0.25) is 15.9 Å². The number of hydrogen-bond acceptors (Lipinski definition) is 7. The van der Waals surface area contributed by atoms with E-state index in [-0.39, 0.29) is 17.0 Å². The van der Waals surface area contributed by atoms with Crippen molar-refractivity contribution in [3.05, 3.63) is 46.3 Å². The van der Waals surface area contributed by atoms with Crippen LogP contribution in [-0.2, 0) is 21.4 Å². The normalized spacial score (nSPS) is 11.8. The maximum atomic E-state index is 12.9. The summed E-state index contributed by atoms with van der Waals surface area (Å²) in [6.45, 7) is 3.99. The molecular weight excluding hydrogens is 438 g/mol. The zero-order chi connectivity index (χ0) is 22.8. The minimum Gasteiger partial charge on any atom is -0.376 e. The number of sulfonamides is 1. The standard InChI is InChI=1S/C20H25N5O4S2/c1-5-25(6-2)31(28,29)14-7-8-17(23(3)4)16(11-14)22-18(26)12-24-13-21-19-15(20(24)27)9-10-30-19/h7-11,13H,5-6,12H2,1-4H3,(H,22,26). The number of aromatic nitrogens is 2. The van der Waals surface area contributed by atoms with Crippen LogP contribution in [0.1, 0.15) is 13.8 Å². The molecule has 9 nitrogen and oxygen atoms in total. The smallest absolute Gasteiger partial charge is 0.262 e. The van der Waals surface area contributed by atoms with Crippen LogP contribution in [0.25, 0.3) is 10.2 Å². The van der Waals surface area contributed by atoms with Crippen LogP contribution < -0.4 is 15.8 Å². The van der Waals surface area contributed by atoms with Crippen LogP contribution in [0.2, 0.25) is 0 Å². The third kappa shape index (κ3) is 4.63. The Labute approximate surface area is 185 Å². The highest BCUT2D eigenvalue weighted by Crippen LogP contribution is 2.29. The summed E-state index contributed by atoms with van der Waals surface area (Å²) < 4.78 is 28.4. The fraction of sp³-hybridized carbons (Fsp3) is 0.350. The molecule has 3 aromatic rings. The molecule has 2 aromatic heterocycles. The molecule has 0 fully saturated rings. The highest BCUT2D eigenvalue weighted by Gasteiger charge is 2.23. The maximum Gasteiger partial charge on any atom is 0.262 e. The van der Waals surface area contributed by atoms with Crippen LogP contribution in [0, 0.1) is 0 Å². The predicted octanol–water partition coefficient (Wildman–Crippen LogP) is 2.19. The molecule has 11 heteroatoms. The fourth-order valence-electron chi connectivity index (χ4n) is 3.23. The summed E-state index contributed by atoms with van der Waals surface area (Å²) in [6, 6.07) is 6.30. The summed E-state index contributed by atoms with van der Waals surface area (Å²) in [5, 5.41) is 4.98. The Hall–Kier alpha value is -2.76. The lowest BCUT2D eigenvalue weighted by molar-refractivity contribution is -0.116. The topological polar surface area (TPSA) is 105 Å². The fourth-order valence-corrected chi connectivity index (χ4v) is 5.44. The minimum absolute atomic E-state index is 0.0932. The maximum absolute atomic E-state index is 12.9. The highest BCUT2D eigenvalue weighted by atomic mass is 32.2. The number of nitrogens with zero attached hydrogens (tertiary/aromatic N) is 4. The zero-order valence-corrected chi connectivity index (χ0v) is 19.5. The van der Waals surface area contributed by atoms with Gasteiger partial charge < -0.3 is 10.2 Å². The molecule has 0 aliphatic rings. The monoisotopic (exact) mass is 463 g/mol. The number of fused-ring (bicyclic) bond motifs is 1. The van der Waals surface area contributed by atoms with Gasteiger partial charge in [-0.2, -0.15) is 4.31 Å². The number of amides is 1. The Kier molecular flexibility index (Phi) is 6.77. The molecule has 0 aliphatic heterocycles. The molecule has 0 spiro atoms. The van der Waals surface area contributed by atoms with Crippen molar-refractivity contribution in [1.82, 2.24) is 13.9 Å². The first kappa shape index (κ1) is 22.9. The third-order valence-corrected chi connectivity index (χ3v) is 7.70. The van der Waals surface area contributed by atoms with E-state index < -0.39 is 15.9 Å². The Bertz CT molecular complexity index is 1260. The first-order chi connectivity index (χ1) is 14.7. The van der Waals surface area contributed by atoms with Gasteiger partial charge in [0.15, 0.2) is 0 Å². The molecule has 0 saturated carbocycles. The molecule has 1 amide bonds. The van der Waals surface area contributed by atoms with Crippen molar-refractivity contribution in [2.45, 2.75) is 25.3 Å². The minimum atomic E-state index is -3.69. The van der Waals surface area contributed by atoms with E-state index in [1.807, 2.05) is 0 Å². The Balaban J connectivity index is 1.92. The number of carbonyl (C=O) groups excluding carboxylic acids is 1. The summed E-state index contributed by atoms with van der Waals surface area (Å²) in [5.41, 5.74) is 0.693. The van der Waals surface area contributed by atoms with Gasteiger partial charge in [-0.05, 0) is 29.6 Å². The number of hydrogen-bond donors (Lipinski definition) is 1. The molecular formula is C20H25N5O4S2. The van der Waals surface area contributed by atoms with Gasteiger partial charge in [-0.25, -0.2) is 13.4 Å². The van der Waals surface area contributed by atoms with Crippen molar-refractivity contribution in [2.24, 2.45) is 0 Å². The van der Waals surface area contributed by atoms with Crippen molar-refractivity contribution >= 4 is 48.9 Å². The first-order valence-corrected chi connectivity index (χ1v) is 12.0. The number of benzene rings is 1. The molecule has 3 rings (SSSR count). The second-order valence-corrected chi connectivity index (χ2v) is 9.86. The molecule has 2 heterocycles. The lowest BCUT2D eigenvalue weighted by Crippen LogP contribution is -2.31. The van der Waals surface area contributed by atoms with Gasteiger partial charge in [0, 0.05) is 27.2 Å². The molecule has 0 radical (unpaired) electrons. The number of nitrogens with one attached hydrogen (secondary N) is 1. The molecule has 31 heavy (non-hydrogen) atoms. The van der Waals surface area contributed by atoms with Crippen molar-refractivity contribution in [3.8, 4) is 0 Å². The van der Waals surface area contributed by atoms with Gasteiger partial charge in [-0.1, -0.05) is 13.8 Å². The molecule has 0 aliphatic carbocycles. The Morgan fingerprint density at radius 3 is 2.55 bits per heavy atom. The molecule has 1 N–H and O–H groups in total. The second kappa shape index (κ2) is 9.16. The highest BCUT2D eigenvalue weighted by molar-refractivity contribution is 7.89. The van der Waals surface area contributed by atoms with E-state index in [9.17, 15) is 18.0 Å². The lowest BCUT2D eigenvalue weighted by atomic mass is 10.2. The summed E-state index contributed by atoms with van der Waals surface area (Å²) >= 11 is 1.36. The molecule has 0 bridgehead atoms. The van der Waals surface area contributed by atoms with Gasteiger partial charge in [0.1, 0.15) is 11.4 Å². The van der Waals surface area contributed by atoms with E-state index in [4.69, 9.17) is 0 Å². The van der Waals surface area contributed by atoms with Gasteiger partial charge >= 0.3 is 0 Å². The third-order valence-electron chi connectivity index (χ3n) is 4.83. The summed E-state index contributed by atoms with van der Waals surface area (Å²) in [7, 11) is -0.0978. The van der Waals surface area contributed by atoms with Crippen LogP contribution in [0.4, 0.5) is 11.4 Å². The van der Waals surface area contributed by atoms with Crippen molar-refractivity contribution in [3.63, 3.8) is 0 Å². The molecule has 1 aromatic carbocycles. The van der Waals surface area contributed by atoms with Gasteiger partial charge in [0.05, 0.1) is 28.0 Å². The summed E-state index contributed by atoms with van der Waals surface area (Å²) in [5.74, 6) is -0.459. The molecule has 0 saturated heterocycles. The van der Waals surface area contributed by atoms with Crippen LogP contribution in [0.5, 0.6) is 0 Å². The number of thiophene rings is 1. The van der Waals surface area contributed by atoms with Crippen LogP contribution in [-0.4, -0.2) is 55.4 Å². The summed E-state index contributed by atoms with van der Waals surface area (Å²) in [4.78, 5) is 31.9. The molecule has 0 atom stereocenters. The first-order valence-electron chi connectivity index (χ1n) is 9.73. The van der Waals surface area contributed by atoms with Crippen LogP contribution in [0.3, 0.4) is 0 Å². The average molecular weight is 464 g/mol. The number of carbonyl (C=O) groups is 1. The average Bonchev–Trinajstić information content (AvgIpc) is 3.20. The van der Waals surface area contributed by atoms with E-state index in [1.54, 1.807) is 50.4 Å². The summed E-state index contributed by atoms with van der Waals surface area (Å²) in [6.07, 6.45) is 1.34. The van der Waals surface area contributed by atoms with Crippen molar-refractivity contribution in [2.75, 3.05) is 37.4 Å². The SMILES string of the molecule is CCN(CC)S(=O)(=O)c1ccc(N(C)C)c(NC(=O)Cn2cnc3sccc3c2=O)c1. The molecule has 0 unspecified atom stereocenters. The zero-order valence-electron chi connectivity index (χ0n) is 17.8. The van der Waals surface area contributed by atoms with Gasteiger partial charge in [0.25, 0.3) is 5.56 Å². The van der Waals surface area contributed by atoms with Crippen LogP contribution >= 0.6 is 11.3 Å². The lowest BCUT2D eigenvalue weighted by Gasteiger charge is -2.22. The van der Waals surface area contributed by atoms with E-state index in [0.29, 0.717) is 34.7 Å². The van der Waals surface area contributed by atoms with E-state index in [1.165, 1.54) is 38.7 Å². The van der Waals surface area contributed by atoms with E-state index in [0.717, 1.165) is 0 Å². The van der Waals surface area contributed by atoms with Gasteiger partial charge in [-0.3, -0.25) is 14.2 Å². The number of anilines is 2. The quantitative estimate of drug-likeness (QED) is 0.549. The predicted molar refractivity (Wildman–Crippen MR) is 123 cm³/mol. The molecule has 166 valence electrons. The van der Waals surface area contributed by atoms with Crippen molar-refractivity contribution < 1.29 is 13.2 Å². The second-order valence-electron chi connectivity index (χ2n) is 7.03. The van der Waals surface area contributed by atoms with E-state index >= 15 is 0 Å². The van der Waals surface area contributed by atoms with Crippen molar-refractivity contribution in [1.29, 1.82) is 0 Å². The largest absolute Gasteiger partial charge is 0.376 e. The Morgan fingerprint density at radius 1 is 1.19 bits per heavy atom. The van der Waals surface area contributed by atoms with E-state index in [2.05, 4.69) is 10.3 Å². The van der Waals surface area contributed by atoms with Gasteiger partial charge in [-0.15, -0.1) is 11.3 Å². The Morgan fingerprint density at radius 2 is 1.90 bits per heavy atom. The van der Waals surface area contributed by atoms with Crippen LogP contribution in [0.15, 0.2) is 45.7 Å².